The average molecular weight is 235 g/mol. The van der Waals surface area contributed by atoms with Crippen molar-refractivity contribution in [2.24, 2.45) is 0 Å². The monoisotopic (exact) mass is 235 g/mol. The van der Waals surface area contributed by atoms with Crippen molar-refractivity contribution in [3.63, 3.8) is 0 Å². The molecule has 0 saturated heterocycles. The molecule has 0 saturated carbocycles. The molecule has 0 heterocycles. The van der Waals surface area contributed by atoms with E-state index in [1.54, 1.807) is 6.07 Å². The van der Waals surface area contributed by atoms with Crippen LogP contribution in [0.2, 0.25) is 0 Å². The predicted molar refractivity (Wildman–Crippen MR) is 66.3 cm³/mol. The maximum Gasteiger partial charge on any atom is 0.302 e. The smallest absolute Gasteiger partial charge is 0.302 e. The summed E-state index contributed by atoms with van der Waals surface area (Å²) in [5.41, 5.74) is 2.73. The van der Waals surface area contributed by atoms with Gasteiger partial charge in [-0.15, -0.1) is 0 Å². The normalized spacial score (nSPS) is 9.76. The fourth-order valence-corrected chi connectivity index (χ4v) is 1.53. The summed E-state index contributed by atoms with van der Waals surface area (Å²) in [6, 6.07) is 5.50. The van der Waals surface area contributed by atoms with Gasteiger partial charge in [0.25, 0.3) is 0 Å². The first-order valence-electron chi connectivity index (χ1n) is 5.62. The number of rotatable bonds is 6. The molecular formula is C13H17NO3. The maximum absolute atomic E-state index is 10.6. The first-order valence-corrected chi connectivity index (χ1v) is 5.62. The van der Waals surface area contributed by atoms with E-state index in [-0.39, 0.29) is 5.97 Å². The Morgan fingerprint density at radius 2 is 2.24 bits per heavy atom. The number of aryl methyl sites for hydroxylation is 1. The third-order valence-electron chi connectivity index (χ3n) is 2.37. The van der Waals surface area contributed by atoms with Crippen molar-refractivity contribution in [3.8, 4) is 0 Å². The van der Waals surface area contributed by atoms with Crippen LogP contribution in [0.4, 0.5) is 5.69 Å². The Bertz CT molecular complexity index is 402. The molecule has 1 aromatic rings. The highest BCUT2D eigenvalue weighted by Gasteiger charge is 2.02. The number of carbonyl (C=O) groups excluding carboxylic acids is 2. The molecule has 1 aromatic carbocycles. The van der Waals surface area contributed by atoms with E-state index in [1.807, 2.05) is 19.1 Å². The van der Waals surface area contributed by atoms with Gasteiger partial charge < -0.3 is 10.1 Å². The van der Waals surface area contributed by atoms with Crippen LogP contribution in [0.5, 0.6) is 0 Å². The number of nitrogens with one attached hydrogen (secondary N) is 1. The van der Waals surface area contributed by atoms with Crippen LogP contribution < -0.4 is 5.32 Å². The lowest BCUT2D eigenvalue weighted by Gasteiger charge is -2.11. The van der Waals surface area contributed by atoms with Crippen molar-refractivity contribution in [1.29, 1.82) is 0 Å². The van der Waals surface area contributed by atoms with E-state index in [9.17, 15) is 9.59 Å². The second-order valence-corrected chi connectivity index (χ2v) is 3.65. The van der Waals surface area contributed by atoms with Crippen LogP contribution in [0.25, 0.3) is 0 Å². The number of aldehydes is 1. The van der Waals surface area contributed by atoms with Gasteiger partial charge in [-0.05, 0) is 30.2 Å². The summed E-state index contributed by atoms with van der Waals surface area (Å²) < 4.78 is 4.82. The maximum atomic E-state index is 10.6. The van der Waals surface area contributed by atoms with Crippen molar-refractivity contribution in [1.82, 2.24) is 0 Å². The third-order valence-corrected chi connectivity index (χ3v) is 2.37. The number of hydrogen-bond acceptors (Lipinski definition) is 4. The second-order valence-electron chi connectivity index (χ2n) is 3.65. The molecule has 1 rings (SSSR count). The molecule has 0 amide bonds. The molecule has 0 aliphatic carbocycles. The van der Waals surface area contributed by atoms with Crippen LogP contribution in [-0.2, 0) is 16.0 Å². The van der Waals surface area contributed by atoms with E-state index in [2.05, 4.69) is 5.32 Å². The predicted octanol–water partition coefficient (Wildman–Crippen LogP) is 2.04. The van der Waals surface area contributed by atoms with Crippen LogP contribution in [0.15, 0.2) is 18.2 Å². The summed E-state index contributed by atoms with van der Waals surface area (Å²) in [5, 5.41) is 3.18. The molecule has 0 spiro atoms. The van der Waals surface area contributed by atoms with Gasteiger partial charge in [0.1, 0.15) is 12.9 Å². The van der Waals surface area contributed by atoms with E-state index in [1.165, 1.54) is 6.92 Å². The minimum atomic E-state index is -0.279. The number of esters is 1. The number of hydrogen-bond donors (Lipinski definition) is 1. The van der Waals surface area contributed by atoms with Crippen LogP contribution in [-0.4, -0.2) is 25.4 Å². The van der Waals surface area contributed by atoms with E-state index < -0.39 is 0 Å². The molecule has 0 atom stereocenters. The van der Waals surface area contributed by atoms with Gasteiger partial charge in [-0.2, -0.15) is 0 Å². The SMILES string of the molecule is CCc1cc(C=O)ccc1NCCOC(C)=O. The van der Waals surface area contributed by atoms with Gasteiger partial charge in [-0.3, -0.25) is 9.59 Å². The molecule has 4 nitrogen and oxygen atoms in total. The van der Waals surface area contributed by atoms with E-state index in [0.29, 0.717) is 18.7 Å². The highest BCUT2D eigenvalue weighted by molar-refractivity contribution is 5.76. The zero-order valence-corrected chi connectivity index (χ0v) is 10.2. The summed E-state index contributed by atoms with van der Waals surface area (Å²) in [5.74, 6) is -0.279. The Labute approximate surface area is 101 Å². The zero-order valence-electron chi connectivity index (χ0n) is 10.2. The van der Waals surface area contributed by atoms with Crippen molar-refractivity contribution < 1.29 is 14.3 Å². The summed E-state index contributed by atoms with van der Waals surface area (Å²) >= 11 is 0. The van der Waals surface area contributed by atoms with Crippen molar-refractivity contribution in [3.05, 3.63) is 29.3 Å². The highest BCUT2D eigenvalue weighted by atomic mass is 16.5. The zero-order chi connectivity index (χ0) is 12.7. The van der Waals surface area contributed by atoms with Crippen LogP contribution in [0, 0.1) is 0 Å². The van der Waals surface area contributed by atoms with Gasteiger partial charge in [-0.1, -0.05) is 6.92 Å². The number of carbonyl (C=O) groups is 2. The van der Waals surface area contributed by atoms with Crippen LogP contribution >= 0.6 is 0 Å². The fraction of sp³-hybridized carbons (Fsp3) is 0.385. The summed E-state index contributed by atoms with van der Waals surface area (Å²) in [6.45, 7) is 4.32. The molecule has 0 bridgehead atoms. The Morgan fingerprint density at radius 3 is 2.82 bits per heavy atom. The second kappa shape index (κ2) is 6.68. The largest absolute Gasteiger partial charge is 0.464 e. The summed E-state index contributed by atoms with van der Waals surface area (Å²) in [7, 11) is 0. The molecule has 1 N–H and O–H groups in total. The molecule has 0 radical (unpaired) electrons. The Kier molecular flexibility index (Phi) is 5.20. The average Bonchev–Trinajstić information content (AvgIpc) is 2.34. The van der Waals surface area contributed by atoms with Crippen LogP contribution in [0.3, 0.4) is 0 Å². The summed E-state index contributed by atoms with van der Waals surface area (Å²) in [6.07, 6.45) is 1.68. The third kappa shape index (κ3) is 4.26. The van der Waals surface area contributed by atoms with E-state index >= 15 is 0 Å². The first kappa shape index (κ1) is 13.2. The highest BCUT2D eigenvalue weighted by Crippen LogP contribution is 2.17. The van der Waals surface area contributed by atoms with Crippen LogP contribution in [0.1, 0.15) is 29.8 Å². The fourth-order valence-electron chi connectivity index (χ4n) is 1.53. The minimum Gasteiger partial charge on any atom is -0.464 e. The molecule has 4 heteroatoms. The number of benzene rings is 1. The first-order chi connectivity index (χ1) is 8.17. The van der Waals surface area contributed by atoms with Crippen molar-refractivity contribution >= 4 is 17.9 Å². The van der Waals surface area contributed by atoms with Crippen molar-refractivity contribution in [2.45, 2.75) is 20.3 Å². The van der Waals surface area contributed by atoms with E-state index in [4.69, 9.17) is 4.74 Å². The lowest BCUT2D eigenvalue weighted by molar-refractivity contribution is -0.140. The van der Waals surface area contributed by atoms with E-state index in [0.717, 1.165) is 24.0 Å². The molecule has 0 aromatic heterocycles. The molecule has 0 aliphatic heterocycles. The Hall–Kier alpha value is -1.84. The van der Waals surface area contributed by atoms with Crippen molar-refractivity contribution in [2.75, 3.05) is 18.5 Å². The lowest BCUT2D eigenvalue weighted by atomic mass is 10.1. The minimum absolute atomic E-state index is 0.279. The molecule has 17 heavy (non-hydrogen) atoms. The van der Waals surface area contributed by atoms with Gasteiger partial charge in [0.05, 0.1) is 0 Å². The Morgan fingerprint density at radius 1 is 1.47 bits per heavy atom. The van der Waals surface area contributed by atoms with Gasteiger partial charge in [0.2, 0.25) is 0 Å². The number of anilines is 1. The van der Waals surface area contributed by atoms with Gasteiger partial charge >= 0.3 is 5.97 Å². The van der Waals surface area contributed by atoms with Gasteiger partial charge in [0, 0.05) is 24.7 Å². The van der Waals surface area contributed by atoms with Gasteiger partial charge in [0.15, 0.2) is 0 Å². The molecule has 0 unspecified atom stereocenters. The number of ether oxygens (including phenoxy) is 1. The Balaban J connectivity index is 2.58. The molecule has 92 valence electrons. The topological polar surface area (TPSA) is 55.4 Å². The quantitative estimate of drug-likeness (QED) is 0.465. The van der Waals surface area contributed by atoms with Gasteiger partial charge in [-0.25, -0.2) is 0 Å². The molecule has 0 aliphatic rings. The molecular weight excluding hydrogens is 218 g/mol. The molecule has 0 fully saturated rings. The summed E-state index contributed by atoms with van der Waals surface area (Å²) in [4.78, 5) is 21.2. The lowest BCUT2D eigenvalue weighted by Crippen LogP contribution is -2.12. The standard InChI is InChI=1S/C13H17NO3/c1-3-12-8-11(9-15)4-5-13(12)14-6-7-17-10(2)16/h4-5,8-9,14H,3,6-7H2,1-2H3.